The van der Waals surface area contributed by atoms with Crippen molar-refractivity contribution in [2.75, 3.05) is 6.54 Å². The number of aromatic nitrogens is 1. The molecule has 1 N–H and O–H groups in total. The number of aryl methyl sites for hydroxylation is 2. The van der Waals surface area contributed by atoms with Gasteiger partial charge in [0.2, 0.25) is 17.7 Å². The fourth-order valence-electron chi connectivity index (χ4n) is 2.79. The van der Waals surface area contributed by atoms with Crippen molar-refractivity contribution in [1.29, 1.82) is 0 Å². The van der Waals surface area contributed by atoms with Gasteiger partial charge >= 0.3 is 0 Å². The summed E-state index contributed by atoms with van der Waals surface area (Å²) in [6.45, 7) is 5.85. The number of carbonyl (C=O) groups is 2. The third kappa shape index (κ3) is 2.09. The van der Waals surface area contributed by atoms with Crippen molar-refractivity contribution in [3.05, 3.63) is 17.3 Å². The molecule has 0 bridgehead atoms. The molecule has 108 valence electrons. The van der Waals surface area contributed by atoms with Crippen LogP contribution in [0.5, 0.6) is 0 Å². The Labute approximate surface area is 117 Å². The van der Waals surface area contributed by atoms with Crippen LogP contribution in [-0.2, 0) is 16.1 Å². The molecule has 1 aliphatic carbocycles. The smallest absolute Gasteiger partial charge is 0.249 e. The van der Waals surface area contributed by atoms with E-state index >= 15 is 0 Å². The molecule has 2 amide bonds. The van der Waals surface area contributed by atoms with Crippen LogP contribution in [0.1, 0.15) is 37.1 Å². The third-order valence-corrected chi connectivity index (χ3v) is 4.26. The Morgan fingerprint density at radius 2 is 2.10 bits per heavy atom. The van der Waals surface area contributed by atoms with Gasteiger partial charge in [0, 0.05) is 0 Å². The number of rotatable bonds is 3. The second-order valence-corrected chi connectivity index (χ2v) is 5.94. The van der Waals surface area contributed by atoms with E-state index in [4.69, 9.17) is 4.42 Å². The second-order valence-electron chi connectivity index (χ2n) is 5.94. The minimum atomic E-state index is -0.758. The highest BCUT2D eigenvalue weighted by Gasteiger charge is 2.52. The fourth-order valence-corrected chi connectivity index (χ4v) is 2.79. The van der Waals surface area contributed by atoms with Crippen LogP contribution in [0.25, 0.3) is 0 Å². The van der Waals surface area contributed by atoms with E-state index in [1.165, 1.54) is 0 Å². The molecule has 2 aliphatic rings. The number of nitrogens with one attached hydrogen (secondary N) is 1. The standard InChI is InChI=1S/C14H19N3O3/c1-8-9(2)20-12(15-8)7-17-6-11(18)16-14(3,13(17)19)10-4-5-10/h10H,4-7H2,1-3H3,(H,16,18). The predicted molar refractivity (Wildman–Crippen MR) is 70.7 cm³/mol. The number of hydrogen-bond donors (Lipinski definition) is 1. The minimum Gasteiger partial charge on any atom is -0.444 e. The van der Waals surface area contributed by atoms with Crippen molar-refractivity contribution in [3.8, 4) is 0 Å². The van der Waals surface area contributed by atoms with Gasteiger partial charge < -0.3 is 14.6 Å². The zero-order valence-corrected chi connectivity index (χ0v) is 12.0. The normalized spacial score (nSPS) is 26.9. The summed E-state index contributed by atoms with van der Waals surface area (Å²) in [6, 6.07) is 0. The van der Waals surface area contributed by atoms with Crippen LogP contribution in [0.4, 0.5) is 0 Å². The largest absolute Gasteiger partial charge is 0.444 e. The molecule has 1 saturated heterocycles. The van der Waals surface area contributed by atoms with Gasteiger partial charge in [-0.2, -0.15) is 0 Å². The van der Waals surface area contributed by atoms with E-state index < -0.39 is 5.54 Å². The Morgan fingerprint density at radius 3 is 2.65 bits per heavy atom. The van der Waals surface area contributed by atoms with Crippen LogP contribution in [0.2, 0.25) is 0 Å². The van der Waals surface area contributed by atoms with Crippen LogP contribution < -0.4 is 5.32 Å². The van der Waals surface area contributed by atoms with Crippen molar-refractivity contribution in [1.82, 2.24) is 15.2 Å². The first kappa shape index (κ1) is 13.1. The van der Waals surface area contributed by atoms with E-state index in [0.29, 0.717) is 5.89 Å². The first-order valence-electron chi connectivity index (χ1n) is 6.93. The highest BCUT2D eigenvalue weighted by atomic mass is 16.4. The van der Waals surface area contributed by atoms with E-state index in [2.05, 4.69) is 10.3 Å². The maximum atomic E-state index is 12.6. The molecule has 1 aromatic heterocycles. The van der Waals surface area contributed by atoms with Crippen LogP contribution >= 0.6 is 0 Å². The van der Waals surface area contributed by atoms with Gasteiger partial charge in [0.05, 0.1) is 12.2 Å². The molecular weight excluding hydrogens is 258 g/mol. The number of piperazine rings is 1. The maximum absolute atomic E-state index is 12.6. The highest BCUT2D eigenvalue weighted by molar-refractivity contribution is 5.98. The molecule has 6 heteroatoms. The number of hydrogen-bond acceptors (Lipinski definition) is 4. The average Bonchev–Trinajstić information content (AvgIpc) is 3.15. The first-order valence-corrected chi connectivity index (χ1v) is 6.93. The quantitative estimate of drug-likeness (QED) is 0.891. The molecule has 20 heavy (non-hydrogen) atoms. The van der Waals surface area contributed by atoms with Crippen LogP contribution in [0, 0.1) is 19.8 Å². The van der Waals surface area contributed by atoms with Gasteiger partial charge in [0.1, 0.15) is 17.8 Å². The lowest BCUT2D eigenvalue weighted by molar-refractivity contribution is -0.151. The number of carbonyl (C=O) groups excluding carboxylic acids is 2. The van der Waals surface area contributed by atoms with Crippen LogP contribution in [0.3, 0.4) is 0 Å². The van der Waals surface area contributed by atoms with Crippen molar-refractivity contribution < 1.29 is 14.0 Å². The molecule has 0 spiro atoms. The summed E-state index contributed by atoms with van der Waals surface area (Å²) in [5.41, 5.74) is 0.0605. The average molecular weight is 277 g/mol. The summed E-state index contributed by atoms with van der Waals surface area (Å²) in [7, 11) is 0. The molecule has 2 heterocycles. The fraction of sp³-hybridized carbons (Fsp3) is 0.643. The van der Waals surface area contributed by atoms with E-state index in [-0.39, 0.29) is 30.8 Å². The van der Waals surface area contributed by atoms with E-state index in [0.717, 1.165) is 24.3 Å². The van der Waals surface area contributed by atoms with Gasteiger partial charge in [-0.1, -0.05) is 0 Å². The lowest BCUT2D eigenvalue weighted by atomic mass is 9.91. The number of oxazole rings is 1. The summed E-state index contributed by atoms with van der Waals surface area (Å²) in [5.74, 6) is 1.35. The second kappa shape index (κ2) is 4.33. The summed E-state index contributed by atoms with van der Waals surface area (Å²) in [6.07, 6.45) is 1.99. The topological polar surface area (TPSA) is 75.4 Å². The van der Waals surface area contributed by atoms with Gasteiger partial charge in [-0.15, -0.1) is 0 Å². The van der Waals surface area contributed by atoms with Crippen molar-refractivity contribution in [2.24, 2.45) is 5.92 Å². The van der Waals surface area contributed by atoms with Crippen LogP contribution in [-0.4, -0.2) is 33.8 Å². The maximum Gasteiger partial charge on any atom is 0.249 e. The summed E-state index contributed by atoms with van der Waals surface area (Å²) >= 11 is 0. The van der Waals surface area contributed by atoms with Crippen molar-refractivity contribution in [2.45, 2.75) is 45.7 Å². The highest BCUT2D eigenvalue weighted by Crippen LogP contribution is 2.41. The Balaban J connectivity index is 1.81. The van der Waals surface area contributed by atoms with Gasteiger partial charge in [0.25, 0.3) is 0 Å². The first-order chi connectivity index (χ1) is 9.40. The van der Waals surface area contributed by atoms with E-state index in [9.17, 15) is 9.59 Å². The minimum absolute atomic E-state index is 0.0342. The molecule has 6 nitrogen and oxygen atoms in total. The summed E-state index contributed by atoms with van der Waals surface area (Å²) in [4.78, 5) is 30.3. The van der Waals surface area contributed by atoms with Gasteiger partial charge in [-0.3, -0.25) is 9.59 Å². The predicted octanol–water partition coefficient (Wildman–Crippen LogP) is 0.919. The Hall–Kier alpha value is -1.85. The number of amides is 2. The molecule has 0 aromatic carbocycles. The summed E-state index contributed by atoms with van der Waals surface area (Å²) in [5, 5.41) is 2.86. The Bertz CT molecular complexity index is 557. The molecule has 1 atom stereocenters. The van der Waals surface area contributed by atoms with Crippen LogP contribution in [0.15, 0.2) is 4.42 Å². The van der Waals surface area contributed by atoms with Crippen molar-refractivity contribution >= 4 is 11.8 Å². The SMILES string of the molecule is Cc1nc(CN2CC(=O)NC(C)(C3CC3)C2=O)oc1C. The Morgan fingerprint density at radius 1 is 1.40 bits per heavy atom. The molecule has 0 radical (unpaired) electrons. The van der Waals surface area contributed by atoms with Crippen molar-refractivity contribution in [3.63, 3.8) is 0 Å². The molecule has 1 aliphatic heterocycles. The van der Waals surface area contributed by atoms with Gasteiger partial charge in [-0.25, -0.2) is 4.98 Å². The zero-order chi connectivity index (χ0) is 14.5. The summed E-state index contributed by atoms with van der Waals surface area (Å²) < 4.78 is 5.51. The molecule has 1 saturated carbocycles. The molecule has 1 aromatic rings. The molecule has 2 fully saturated rings. The Kier molecular flexibility index (Phi) is 2.84. The monoisotopic (exact) mass is 277 g/mol. The third-order valence-electron chi connectivity index (χ3n) is 4.26. The van der Waals surface area contributed by atoms with E-state index in [1.807, 2.05) is 20.8 Å². The number of nitrogens with zero attached hydrogens (tertiary/aromatic N) is 2. The molecule has 3 rings (SSSR count). The lowest BCUT2D eigenvalue weighted by Crippen LogP contribution is -2.66. The van der Waals surface area contributed by atoms with Gasteiger partial charge in [-0.05, 0) is 39.5 Å². The molecule has 1 unspecified atom stereocenters. The van der Waals surface area contributed by atoms with Gasteiger partial charge in [0.15, 0.2) is 0 Å². The lowest BCUT2D eigenvalue weighted by Gasteiger charge is -2.39. The molecular formula is C14H19N3O3. The van der Waals surface area contributed by atoms with E-state index in [1.54, 1.807) is 4.90 Å². The zero-order valence-electron chi connectivity index (χ0n) is 12.0.